The number of anilines is 2. The molecule has 0 aromatic heterocycles. The fraction of sp³-hybridized carbons (Fsp3) is 0.364. The number of carbonyl (C=O) groups excluding carboxylic acids is 1. The molecule has 1 amide bonds. The van der Waals surface area contributed by atoms with E-state index >= 15 is 0 Å². The average molecular weight is 206 g/mol. The van der Waals surface area contributed by atoms with Crippen LogP contribution in [0, 0.1) is 0 Å². The van der Waals surface area contributed by atoms with Crippen LogP contribution in [-0.4, -0.2) is 19.6 Å². The Morgan fingerprint density at radius 3 is 2.80 bits per heavy atom. The summed E-state index contributed by atoms with van der Waals surface area (Å²) in [6.45, 7) is 0.782. The van der Waals surface area contributed by atoms with Crippen LogP contribution in [0.25, 0.3) is 0 Å². The monoisotopic (exact) mass is 206 g/mol. The van der Waals surface area contributed by atoms with Crippen LogP contribution >= 0.6 is 0 Å². The molecule has 1 aliphatic heterocycles. The Morgan fingerprint density at radius 2 is 2.27 bits per heavy atom. The molecule has 0 atom stereocenters. The van der Waals surface area contributed by atoms with Crippen molar-refractivity contribution in [2.24, 2.45) is 0 Å². The normalized spacial score (nSPS) is 15.8. The van der Waals surface area contributed by atoms with Crippen LogP contribution in [-0.2, 0) is 4.79 Å². The van der Waals surface area contributed by atoms with Gasteiger partial charge in [-0.3, -0.25) is 4.79 Å². The van der Waals surface area contributed by atoms with E-state index in [2.05, 4.69) is 0 Å². The van der Waals surface area contributed by atoms with Crippen LogP contribution in [0.1, 0.15) is 12.8 Å². The number of benzene rings is 1. The lowest BCUT2D eigenvalue weighted by Crippen LogP contribution is -2.23. The van der Waals surface area contributed by atoms with Crippen molar-refractivity contribution in [2.45, 2.75) is 12.8 Å². The van der Waals surface area contributed by atoms with Crippen LogP contribution < -0.4 is 15.4 Å². The molecule has 1 aromatic rings. The summed E-state index contributed by atoms with van der Waals surface area (Å²) in [4.78, 5) is 13.3. The molecule has 0 unspecified atom stereocenters. The lowest BCUT2D eigenvalue weighted by Gasteiger charge is -2.16. The van der Waals surface area contributed by atoms with Crippen molar-refractivity contribution in [2.75, 3.05) is 24.3 Å². The third kappa shape index (κ3) is 1.75. The molecule has 80 valence electrons. The maximum Gasteiger partial charge on any atom is 0.227 e. The number of nitrogens with zero attached hydrogens (tertiary/aromatic N) is 1. The standard InChI is InChI=1S/C11H14N2O2/c1-15-10-5-4-8(7-9(10)12)13-6-2-3-11(13)14/h4-5,7H,2-3,6,12H2,1H3. The fourth-order valence-corrected chi connectivity index (χ4v) is 1.81. The maximum absolute atomic E-state index is 11.5. The van der Waals surface area contributed by atoms with E-state index in [1.165, 1.54) is 0 Å². The van der Waals surface area contributed by atoms with Crippen LogP contribution in [0.4, 0.5) is 11.4 Å². The molecule has 1 aromatic carbocycles. The molecule has 0 spiro atoms. The number of nitrogen functional groups attached to an aromatic ring is 1. The van der Waals surface area contributed by atoms with Gasteiger partial charge in [0.15, 0.2) is 0 Å². The molecule has 0 aliphatic carbocycles. The molecule has 2 N–H and O–H groups in total. The second-order valence-electron chi connectivity index (χ2n) is 3.58. The van der Waals surface area contributed by atoms with Crippen molar-refractivity contribution in [3.8, 4) is 5.75 Å². The molecule has 1 heterocycles. The van der Waals surface area contributed by atoms with Crippen LogP contribution in [0.2, 0.25) is 0 Å². The molecule has 0 radical (unpaired) electrons. The third-order valence-corrected chi connectivity index (χ3v) is 2.60. The first-order chi connectivity index (χ1) is 7.22. The third-order valence-electron chi connectivity index (χ3n) is 2.60. The zero-order valence-corrected chi connectivity index (χ0v) is 8.69. The average Bonchev–Trinajstić information content (AvgIpc) is 2.64. The van der Waals surface area contributed by atoms with Gasteiger partial charge in [0.1, 0.15) is 5.75 Å². The molecule has 15 heavy (non-hydrogen) atoms. The van der Waals surface area contributed by atoms with Gasteiger partial charge >= 0.3 is 0 Å². The SMILES string of the molecule is COc1ccc(N2CCCC2=O)cc1N. The summed E-state index contributed by atoms with van der Waals surface area (Å²) in [5.74, 6) is 0.810. The number of carbonyl (C=O) groups is 1. The lowest BCUT2D eigenvalue weighted by atomic mass is 10.2. The summed E-state index contributed by atoms with van der Waals surface area (Å²) < 4.78 is 5.06. The molecule has 0 bridgehead atoms. The summed E-state index contributed by atoms with van der Waals surface area (Å²) in [6.07, 6.45) is 1.55. The minimum Gasteiger partial charge on any atom is -0.495 e. The Balaban J connectivity index is 2.29. The first-order valence-electron chi connectivity index (χ1n) is 4.96. The van der Waals surface area contributed by atoms with E-state index in [1.807, 2.05) is 6.07 Å². The van der Waals surface area contributed by atoms with Crippen molar-refractivity contribution in [3.05, 3.63) is 18.2 Å². The summed E-state index contributed by atoms with van der Waals surface area (Å²) >= 11 is 0. The molecule has 0 saturated carbocycles. The van der Waals surface area contributed by atoms with Crippen molar-refractivity contribution in [1.29, 1.82) is 0 Å². The number of methoxy groups -OCH3 is 1. The predicted molar refractivity (Wildman–Crippen MR) is 59.0 cm³/mol. The molecule has 1 fully saturated rings. The summed E-state index contributed by atoms with van der Waals surface area (Å²) in [5, 5.41) is 0. The highest BCUT2D eigenvalue weighted by Gasteiger charge is 2.21. The Labute approximate surface area is 88.6 Å². The predicted octanol–water partition coefficient (Wildman–Crippen LogP) is 1.40. The molecule has 4 nitrogen and oxygen atoms in total. The quantitative estimate of drug-likeness (QED) is 0.744. The molecular formula is C11H14N2O2. The van der Waals surface area contributed by atoms with E-state index in [1.54, 1.807) is 24.1 Å². The smallest absolute Gasteiger partial charge is 0.227 e. The van der Waals surface area contributed by atoms with Gasteiger partial charge in [-0.05, 0) is 24.6 Å². The van der Waals surface area contributed by atoms with Gasteiger partial charge < -0.3 is 15.4 Å². The first kappa shape index (κ1) is 9.83. The largest absolute Gasteiger partial charge is 0.495 e. The summed E-state index contributed by atoms with van der Waals surface area (Å²) in [6, 6.07) is 5.43. The van der Waals surface area contributed by atoms with E-state index < -0.39 is 0 Å². The number of rotatable bonds is 2. The number of hydrogen-bond donors (Lipinski definition) is 1. The lowest BCUT2D eigenvalue weighted by molar-refractivity contribution is -0.117. The highest BCUT2D eigenvalue weighted by Crippen LogP contribution is 2.29. The van der Waals surface area contributed by atoms with E-state index in [0.29, 0.717) is 17.9 Å². The van der Waals surface area contributed by atoms with Crippen LogP contribution in [0.3, 0.4) is 0 Å². The highest BCUT2D eigenvalue weighted by molar-refractivity contribution is 5.95. The summed E-state index contributed by atoms with van der Waals surface area (Å²) in [7, 11) is 1.58. The molecule has 1 aliphatic rings. The number of amides is 1. The Hall–Kier alpha value is -1.71. The minimum absolute atomic E-state index is 0.166. The van der Waals surface area contributed by atoms with Crippen molar-refractivity contribution >= 4 is 17.3 Å². The van der Waals surface area contributed by atoms with Gasteiger partial charge in [0.05, 0.1) is 12.8 Å². The Bertz CT molecular complexity index is 390. The van der Waals surface area contributed by atoms with Gasteiger partial charge in [-0.1, -0.05) is 0 Å². The van der Waals surface area contributed by atoms with E-state index in [9.17, 15) is 4.79 Å². The first-order valence-corrected chi connectivity index (χ1v) is 4.96. The Kier molecular flexibility index (Phi) is 2.49. The topological polar surface area (TPSA) is 55.6 Å². The molecule has 4 heteroatoms. The van der Waals surface area contributed by atoms with Gasteiger partial charge in [-0.15, -0.1) is 0 Å². The zero-order chi connectivity index (χ0) is 10.8. The van der Waals surface area contributed by atoms with Gasteiger partial charge in [0.2, 0.25) is 5.91 Å². The Morgan fingerprint density at radius 1 is 1.47 bits per heavy atom. The second-order valence-corrected chi connectivity index (χ2v) is 3.58. The van der Waals surface area contributed by atoms with Gasteiger partial charge in [-0.25, -0.2) is 0 Å². The fourth-order valence-electron chi connectivity index (χ4n) is 1.81. The van der Waals surface area contributed by atoms with E-state index in [4.69, 9.17) is 10.5 Å². The van der Waals surface area contributed by atoms with Crippen LogP contribution in [0.5, 0.6) is 5.75 Å². The zero-order valence-electron chi connectivity index (χ0n) is 8.69. The van der Waals surface area contributed by atoms with Gasteiger partial charge in [0, 0.05) is 18.7 Å². The van der Waals surface area contributed by atoms with Gasteiger partial charge in [-0.2, -0.15) is 0 Å². The maximum atomic E-state index is 11.5. The van der Waals surface area contributed by atoms with Crippen molar-refractivity contribution in [3.63, 3.8) is 0 Å². The van der Waals surface area contributed by atoms with Crippen molar-refractivity contribution < 1.29 is 9.53 Å². The van der Waals surface area contributed by atoms with Gasteiger partial charge in [0.25, 0.3) is 0 Å². The number of ether oxygens (including phenoxy) is 1. The molecule has 1 saturated heterocycles. The second kappa shape index (κ2) is 3.81. The van der Waals surface area contributed by atoms with Crippen LogP contribution in [0.15, 0.2) is 18.2 Å². The number of nitrogens with two attached hydrogens (primary N) is 1. The number of hydrogen-bond acceptors (Lipinski definition) is 3. The van der Waals surface area contributed by atoms with E-state index in [-0.39, 0.29) is 5.91 Å². The summed E-state index contributed by atoms with van der Waals surface area (Å²) in [5.41, 5.74) is 7.20. The van der Waals surface area contributed by atoms with Crippen molar-refractivity contribution in [1.82, 2.24) is 0 Å². The molecule has 2 rings (SSSR count). The minimum atomic E-state index is 0.166. The molecular weight excluding hydrogens is 192 g/mol. The highest BCUT2D eigenvalue weighted by atomic mass is 16.5. The van der Waals surface area contributed by atoms with E-state index in [0.717, 1.165) is 18.7 Å².